The van der Waals surface area contributed by atoms with Gasteiger partial charge in [-0.05, 0) is 23.6 Å². The van der Waals surface area contributed by atoms with Crippen LogP contribution in [0.15, 0.2) is 18.2 Å². The number of halogens is 1. The van der Waals surface area contributed by atoms with Crippen LogP contribution in [0.2, 0.25) is 0 Å². The van der Waals surface area contributed by atoms with E-state index in [9.17, 15) is 4.39 Å². The average molecular weight is 266 g/mol. The Kier molecular flexibility index (Phi) is 4.77. The molecule has 0 spiro atoms. The smallest absolute Gasteiger partial charge is 0.146 e. The molecule has 0 aromatic heterocycles. The molecule has 1 N–H and O–H groups in total. The van der Waals surface area contributed by atoms with E-state index in [1.165, 1.54) is 6.07 Å². The first-order valence-corrected chi connectivity index (χ1v) is 6.96. The molecule has 0 radical (unpaired) electrons. The highest BCUT2D eigenvalue weighted by Crippen LogP contribution is 2.22. The molecule has 106 valence electrons. The first kappa shape index (κ1) is 14.3. The topological polar surface area (TPSA) is 26.7 Å². The first-order valence-electron chi connectivity index (χ1n) is 6.96. The monoisotopic (exact) mass is 266 g/mol. The van der Waals surface area contributed by atoms with E-state index in [0.29, 0.717) is 17.2 Å². The van der Waals surface area contributed by atoms with E-state index in [1.807, 2.05) is 0 Å². The number of aliphatic hydroxyl groups excluding tert-OH is 1. The maximum absolute atomic E-state index is 14.0. The predicted molar refractivity (Wildman–Crippen MR) is 75.8 cm³/mol. The van der Waals surface area contributed by atoms with Gasteiger partial charge < -0.3 is 10.0 Å². The average Bonchev–Trinajstić information content (AvgIpc) is 2.39. The third kappa shape index (κ3) is 3.67. The van der Waals surface area contributed by atoms with Crippen molar-refractivity contribution in [3.05, 3.63) is 29.6 Å². The van der Waals surface area contributed by atoms with Crippen LogP contribution < -0.4 is 4.90 Å². The summed E-state index contributed by atoms with van der Waals surface area (Å²) < 4.78 is 14.0. The summed E-state index contributed by atoms with van der Waals surface area (Å²) >= 11 is 0. The van der Waals surface area contributed by atoms with Crippen LogP contribution in [-0.2, 0) is 6.61 Å². The Morgan fingerprint density at radius 3 is 2.42 bits per heavy atom. The fourth-order valence-corrected chi connectivity index (χ4v) is 2.59. The number of benzene rings is 1. The quantitative estimate of drug-likeness (QED) is 0.904. The molecule has 0 atom stereocenters. The van der Waals surface area contributed by atoms with Gasteiger partial charge in [-0.15, -0.1) is 0 Å². The van der Waals surface area contributed by atoms with Crippen LogP contribution in [0.3, 0.4) is 0 Å². The summed E-state index contributed by atoms with van der Waals surface area (Å²) in [5.41, 5.74) is 1.28. The van der Waals surface area contributed by atoms with Crippen LogP contribution in [0.1, 0.15) is 19.4 Å². The molecule has 3 nitrogen and oxygen atoms in total. The highest BCUT2D eigenvalue weighted by Gasteiger charge is 2.19. The highest BCUT2D eigenvalue weighted by molar-refractivity contribution is 5.49. The van der Waals surface area contributed by atoms with Crippen molar-refractivity contribution in [3.63, 3.8) is 0 Å². The summed E-state index contributed by atoms with van der Waals surface area (Å²) in [6.45, 7) is 9.14. The number of nitrogens with zero attached hydrogens (tertiary/aromatic N) is 2. The summed E-state index contributed by atoms with van der Waals surface area (Å²) in [5, 5.41) is 8.99. The molecule has 1 fully saturated rings. The number of hydrogen-bond donors (Lipinski definition) is 1. The fourth-order valence-electron chi connectivity index (χ4n) is 2.59. The summed E-state index contributed by atoms with van der Waals surface area (Å²) in [4.78, 5) is 4.52. The van der Waals surface area contributed by atoms with Crippen molar-refractivity contribution in [2.24, 2.45) is 5.92 Å². The largest absolute Gasteiger partial charge is 0.392 e. The van der Waals surface area contributed by atoms with Crippen LogP contribution in [0.4, 0.5) is 10.1 Å². The normalized spacial score (nSPS) is 17.2. The van der Waals surface area contributed by atoms with Gasteiger partial charge in [-0.2, -0.15) is 0 Å². The second-order valence-electron chi connectivity index (χ2n) is 5.63. The standard InChI is InChI=1S/C15H23FN2O/c1-12(2)10-17-5-7-18(8-6-17)15-4-3-13(11-19)9-14(15)16/h3-4,9,12,19H,5-8,10-11H2,1-2H3. The Morgan fingerprint density at radius 2 is 1.89 bits per heavy atom. The lowest BCUT2D eigenvalue weighted by molar-refractivity contribution is 0.231. The Hall–Kier alpha value is -1.13. The minimum absolute atomic E-state index is 0.112. The Labute approximate surface area is 114 Å². The molecule has 1 aliphatic heterocycles. The van der Waals surface area contributed by atoms with Crippen molar-refractivity contribution in [2.45, 2.75) is 20.5 Å². The number of hydrogen-bond acceptors (Lipinski definition) is 3. The molecular weight excluding hydrogens is 243 g/mol. The minimum Gasteiger partial charge on any atom is -0.392 e. The van der Waals surface area contributed by atoms with Crippen molar-refractivity contribution in [3.8, 4) is 0 Å². The van der Waals surface area contributed by atoms with Crippen LogP contribution in [0.25, 0.3) is 0 Å². The summed E-state index contributed by atoms with van der Waals surface area (Å²) in [6.07, 6.45) is 0. The third-order valence-electron chi connectivity index (χ3n) is 3.53. The molecule has 1 aromatic carbocycles. The Bertz CT molecular complexity index is 415. The zero-order valence-corrected chi connectivity index (χ0v) is 11.8. The van der Waals surface area contributed by atoms with Crippen LogP contribution in [0, 0.1) is 11.7 Å². The molecular formula is C15H23FN2O. The molecule has 4 heteroatoms. The van der Waals surface area contributed by atoms with Gasteiger partial charge in [-0.25, -0.2) is 4.39 Å². The molecule has 1 aliphatic rings. The Balaban J connectivity index is 1.97. The minimum atomic E-state index is -0.233. The van der Waals surface area contributed by atoms with Crippen molar-refractivity contribution in [1.82, 2.24) is 4.90 Å². The second-order valence-corrected chi connectivity index (χ2v) is 5.63. The van der Waals surface area contributed by atoms with Gasteiger partial charge in [0.25, 0.3) is 0 Å². The number of anilines is 1. The van der Waals surface area contributed by atoms with Gasteiger partial charge in [0.15, 0.2) is 0 Å². The molecule has 1 heterocycles. The summed E-state index contributed by atoms with van der Waals surface area (Å²) in [7, 11) is 0. The van der Waals surface area contributed by atoms with Gasteiger partial charge in [0.05, 0.1) is 12.3 Å². The lowest BCUT2D eigenvalue weighted by Crippen LogP contribution is -2.47. The van der Waals surface area contributed by atoms with Crippen molar-refractivity contribution in [2.75, 3.05) is 37.6 Å². The molecule has 2 rings (SSSR count). The molecule has 0 saturated carbocycles. The van der Waals surface area contributed by atoms with E-state index < -0.39 is 0 Å². The van der Waals surface area contributed by atoms with E-state index in [4.69, 9.17) is 5.11 Å². The molecule has 0 unspecified atom stereocenters. The maximum Gasteiger partial charge on any atom is 0.146 e. The van der Waals surface area contributed by atoms with E-state index in [0.717, 1.165) is 32.7 Å². The summed E-state index contributed by atoms with van der Waals surface area (Å²) in [6, 6.07) is 4.99. The van der Waals surface area contributed by atoms with E-state index >= 15 is 0 Å². The van der Waals surface area contributed by atoms with E-state index in [2.05, 4.69) is 23.6 Å². The van der Waals surface area contributed by atoms with Crippen LogP contribution in [0.5, 0.6) is 0 Å². The molecule has 0 amide bonds. The van der Waals surface area contributed by atoms with Gasteiger partial charge in [-0.1, -0.05) is 19.9 Å². The van der Waals surface area contributed by atoms with Crippen molar-refractivity contribution < 1.29 is 9.50 Å². The molecule has 0 bridgehead atoms. The predicted octanol–water partition coefficient (Wildman–Crippen LogP) is 2.10. The van der Waals surface area contributed by atoms with E-state index in [-0.39, 0.29) is 12.4 Å². The van der Waals surface area contributed by atoms with Crippen LogP contribution in [-0.4, -0.2) is 42.7 Å². The Morgan fingerprint density at radius 1 is 1.21 bits per heavy atom. The SMILES string of the molecule is CC(C)CN1CCN(c2ccc(CO)cc2F)CC1. The van der Waals surface area contributed by atoms with E-state index in [1.54, 1.807) is 12.1 Å². The fraction of sp³-hybridized carbons (Fsp3) is 0.600. The second kappa shape index (κ2) is 6.35. The molecule has 1 aromatic rings. The van der Waals surface area contributed by atoms with Gasteiger partial charge in [0.1, 0.15) is 5.82 Å². The third-order valence-corrected chi connectivity index (χ3v) is 3.53. The zero-order valence-electron chi connectivity index (χ0n) is 11.8. The van der Waals surface area contributed by atoms with Crippen molar-refractivity contribution in [1.29, 1.82) is 0 Å². The summed E-state index contributed by atoms with van der Waals surface area (Å²) in [5.74, 6) is 0.441. The van der Waals surface area contributed by atoms with Gasteiger partial charge in [-0.3, -0.25) is 4.90 Å². The highest BCUT2D eigenvalue weighted by atomic mass is 19.1. The van der Waals surface area contributed by atoms with Gasteiger partial charge in [0, 0.05) is 32.7 Å². The number of piperazine rings is 1. The molecule has 0 aliphatic carbocycles. The lowest BCUT2D eigenvalue weighted by atomic mass is 10.1. The first-order chi connectivity index (χ1) is 9.10. The molecule has 19 heavy (non-hydrogen) atoms. The maximum atomic E-state index is 14.0. The number of aliphatic hydroxyl groups is 1. The van der Waals surface area contributed by atoms with Crippen molar-refractivity contribution >= 4 is 5.69 Å². The lowest BCUT2D eigenvalue weighted by Gasteiger charge is -2.37. The molecule has 1 saturated heterocycles. The van der Waals surface area contributed by atoms with Gasteiger partial charge >= 0.3 is 0 Å². The van der Waals surface area contributed by atoms with Gasteiger partial charge in [0.2, 0.25) is 0 Å². The van der Waals surface area contributed by atoms with Crippen LogP contribution >= 0.6 is 0 Å². The number of rotatable bonds is 4. The zero-order chi connectivity index (χ0) is 13.8.